The van der Waals surface area contributed by atoms with Gasteiger partial charge in [-0.05, 0) is 118 Å². The number of aliphatic hydroxyl groups excluding tert-OH is 1. The van der Waals surface area contributed by atoms with Crippen molar-refractivity contribution in [3.8, 4) is 5.75 Å². The number of phenols is 1. The minimum Gasteiger partial charge on any atom is -0.508 e. The number of hydrogen-bond donors (Lipinski definition) is 17. The van der Waals surface area contributed by atoms with Gasteiger partial charge in [0.15, 0.2) is 0 Å². The van der Waals surface area contributed by atoms with Gasteiger partial charge in [-0.1, -0.05) is 116 Å². The van der Waals surface area contributed by atoms with Crippen molar-refractivity contribution in [2.24, 2.45) is 34.8 Å². The van der Waals surface area contributed by atoms with Crippen molar-refractivity contribution in [1.29, 1.82) is 0 Å². The highest BCUT2D eigenvalue weighted by Gasteiger charge is 2.47. The fraction of sp³-hybridized carbons (Fsp3) is 0.567. The van der Waals surface area contributed by atoms with Crippen LogP contribution in [0, 0.1) is 11.8 Å². The Hall–Kier alpha value is -12.2. The summed E-state index contributed by atoms with van der Waals surface area (Å²) in [6, 6.07) is -1.48. The average Bonchev–Trinajstić information content (AvgIpc) is 1.65. The molecule has 15 atom stereocenters. The van der Waals surface area contributed by atoms with Crippen molar-refractivity contribution in [1.82, 2.24) is 81.9 Å². The number of primary amides is 2. The first-order valence-corrected chi connectivity index (χ1v) is 45.8. The Labute approximate surface area is 765 Å². The molecular formula is C90H130N20O20S. The smallest absolute Gasteiger partial charge is 0.323 e. The number of aromatic hydroxyl groups is 1. The molecule has 716 valence electrons. The highest BCUT2D eigenvalue weighted by molar-refractivity contribution is 8.00. The van der Waals surface area contributed by atoms with Crippen LogP contribution >= 0.6 is 11.8 Å². The molecule has 0 radical (unpaired) electrons. The van der Waals surface area contributed by atoms with Gasteiger partial charge in [0.1, 0.15) is 96.9 Å². The Morgan fingerprint density at radius 1 is 0.534 bits per heavy atom. The summed E-state index contributed by atoms with van der Waals surface area (Å²) in [6.07, 6.45) is 1.58. The number of amides is 16. The van der Waals surface area contributed by atoms with Gasteiger partial charge in [0, 0.05) is 106 Å². The van der Waals surface area contributed by atoms with E-state index in [1.54, 1.807) is 82.4 Å². The topological polar surface area (TPSA) is 600 Å². The highest BCUT2D eigenvalue weighted by atomic mass is 32.2. The first-order chi connectivity index (χ1) is 62.2. The molecule has 5 aromatic rings. The van der Waals surface area contributed by atoms with E-state index in [9.17, 15) is 63.3 Å². The lowest BCUT2D eigenvalue weighted by Crippen LogP contribution is -2.61. The maximum Gasteiger partial charge on any atom is 0.323 e. The third-order valence-electron chi connectivity index (χ3n) is 23.9. The van der Waals surface area contributed by atoms with Crippen molar-refractivity contribution < 1.29 is 96.8 Å². The van der Waals surface area contributed by atoms with E-state index in [2.05, 4.69) is 52.8 Å². The molecule has 0 aliphatic carbocycles. The number of nitrogens with zero attached hydrogens (tertiary/aromatic N) is 6. The van der Waals surface area contributed by atoms with Crippen LogP contribution in [0.15, 0.2) is 85.2 Å². The Morgan fingerprint density at radius 3 is 1.72 bits per heavy atom. The number of fused-ring (bicyclic) bond motifs is 4. The quantitative estimate of drug-likeness (QED) is 0.0334. The van der Waals surface area contributed by atoms with Gasteiger partial charge in [-0.2, -0.15) is 0 Å². The normalized spacial score (nSPS) is 25.3. The number of hydrogen-bond acceptors (Lipinski definition) is 22. The summed E-state index contributed by atoms with van der Waals surface area (Å²) >= 11 is 0.828. The average molecular weight is 1840 g/mol. The number of likely N-dealkylation sites (N-methyl/N-ethyl adjacent to an activating group) is 3. The molecule has 0 bridgehead atoms. The van der Waals surface area contributed by atoms with Gasteiger partial charge in [0.25, 0.3) is 0 Å². The number of thioether (sulfide) groups is 1. The number of carbonyl (C=O) groups excluding carboxylic acids is 16. The standard InChI is InChI=1S/C90H130N20O20S/c1-11-13-25-70-83(123)98-61(35-49(3)4)80(120)104-68(77(94)117)47-131-48-75(114)96-64(37-52-29-31-55(111)32-30-52)86(126)105(8)51(7)78(118)100-66(41-74(93)113)88(128)109-34-20-28-71(109)84(124)103-67(42-92)82(122)101-63(36-50(5)6)89(129)110-45-56(112)40-73(110)85(125)99-62(38-53-43-95-59-23-17-15-21-57(53)59)81(121)97-60(24-19-33-91)79(119)102-65(87(127)107(10)72(26-14-12-2)90(130)106(70)9)39-54-44-108(46-76(115)116)69-27-18-16-22-58(54)69/h15-18,21-23,27,29-32,43-44,49-51,56,60-68,70-73,95,111-112H,11-14,19-20,24-26,28,33-42,45-48,91-92H2,1-10H3,(H2,93,113)(H2,94,117)(H,96,114)(H,97,121)(H,98,123)(H,99,125)(H,100,118)(H,101,122)(H,102,119)(H,103,124)(H,104,120)(H,115,116)/t51-,56+,60-,61-,62-,63-,64-,65-,66-,67-,68-,70-,71-,72-,73-/m0/s1. The maximum atomic E-state index is 16.0. The van der Waals surface area contributed by atoms with E-state index in [0.29, 0.717) is 64.2 Å². The molecule has 2 aromatic heterocycles. The summed E-state index contributed by atoms with van der Waals surface area (Å²) in [6.45, 7) is 10.4. The number of aliphatic carboxylic acids is 1. The SMILES string of the molecule is CCCC[C@H]1C(=O)N(C)[C@@H](CCCC)C(=O)N[C@@H](CC(C)C)C(=O)N[C@H](C(N)=O)CSCC(=O)N[C@@H](Cc2ccc(O)cc2)C(=O)N(C)[C@@H](C)C(=O)N[C@@H](CC(N)=O)C(=O)N2CCC[C@H]2C(=O)N[C@@H](CN)C(=O)N[C@@H](CC(C)C)C(=O)N2C[C@H](O)C[C@H]2C(=O)N[C@@H](Cc2c[nH]c3ccccc23)C(=O)N[C@@H](CCCN)C(=O)N[C@@H](Cc2cn(CC(=O)O)c3ccccc23)C(=O)N1C. The predicted octanol–water partition coefficient (Wildman–Crippen LogP) is -0.965. The van der Waals surface area contributed by atoms with Gasteiger partial charge >= 0.3 is 5.97 Å². The maximum absolute atomic E-state index is 16.0. The molecule has 21 N–H and O–H groups in total. The number of para-hydroxylation sites is 2. The van der Waals surface area contributed by atoms with Crippen molar-refractivity contribution in [2.45, 2.75) is 255 Å². The highest BCUT2D eigenvalue weighted by Crippen LogP contribution is 2.29. The lowest BCUT2D eigenvalue weighted by molar-refractivity contribution is -0.149. The lowest BCUT2D eigenvalue weighted by Gasteiger charge is -2.36. The molecule has 0 unspecified atom stereocenters. The molecule has 3 aliphatic rings. The Morgan fingerprint density at radius 2 is 1.08 bits per heavy atom. The Bertz CT molecular complexity index is 4910. The largest absolute Gasteiger partial charge is 0.508 e. The molecular weight excluding hydrogens is 1710 g/mol. The number of carbonyl (C=O) groups is 17. The molecule has 8 rings (SSSR count). The lowest BCUT2D eigenvalue weighted by atomic mass is 9.99. The number of unbranched alkanes of at least 4 members (excludes halogenated alkanes) is 2. The van der Waals surface area contributed by atoms with Crippen molar-refractivity contribution >= 4 is 134 Å². The second-order valence-corrected chi connectivity index (χ2v) is 35.9. The second-order valence-electron chi connectivity index (χ2n) is 34.9. The number of H-pyrrole nitrogens is 1. The summed E-state index contributed by atoms with van der Waals surface area (Å²) in [7, 11) is 3.98. The molecule has 0 saturated carbocycles. The number of carboxylic acids is 1. The number of aromatic nitrogens is 2. The molecule has 3 saturated heterocycles. The van der Waals surface area contributed by atoms with E-state index in [-0.39, 0.29) is 113 Å². The molecule has 0 spiro atoms. The van der Waals surface area contributed by atoms with Crippen LogP contribution in [0.25, 0.3) is 21.8 Å². The first kappa shape index (κ1) is 104. The molecule has 41 heteroatoms. The Balaban J connectivity index is 1.20. The van der Waals surface area contributed by atoms with Crippen LogP contribution in [0.5, 0.6) is 5.75 Å². The number of aromatic amines is 1. The third kappa shape index (κ3) is 28.6. The van der Waals surface area contributed by atoms with Crippen LogP contribution in [0.4, 0.5) is 0 Å². The number of aliphatic hydroxyl groups is 1. The van der Waals surface area contributed by atoms with E-state index < -0.39 is 223 Å². The second kappa shape index (κ2) is 49.1. The van der Waals surface area contributed by atoms with E-state index in [1.165, 1.54) is 68.0 Å². The summed E-state index contributed by atoms with van der Waals surface area (Å²) in [4.78, 5) is 257. The van der Waals surface area contributed by atoms with Crippen LogP contribution < -0.4 is 70.8 Å². The fourth-order valence-electron chi connectivity index (χ4n) is 16.7. The van der Waals surface area contributed by atoms with Crippen molar-refractivity contribution in [2.75, 3.05) is 58.8 Å². The van der Waals surface area contributed by atoms with E-state index in [1.807, 2.05) is 13.8 Å². The monoisotopic (exact) mass is 1840 g/mol. The number of nitrogens with one attached hydrogen (secondary N) is 10. The van der Waals surface area contributed by atoms with Crippen LogP contribution in [-0.4, -0.2) is 299 Å². The van der Waals surface area contributed by atoms with Gasteiger partial charge in [0.05, 0.1) is 18.3 Å². The molecule has 3 aromatic carbocycles. The summed E-state index contributed by atoms with van der Waals surface area (Å²) in [5, 5.41) is 57.2. The minimum atomic E-state index is -1.75. The predicted molar refractivity (Wildman–Crippen MR) is 486 cm³/mol. The number of rotatable bonds is 25. The van der Waals surface area contributed by atoms with Crippen molar-refractivity contribution in [3.63, 3.8) is 0 Å². The van der Waals surface area contributed by atoms with Gasteiger partial charge in [-0.3, -0.25) is 81.5 Å². The van der Waals surface area contributed by atoms with Crippen LogP contribution in [0.3, 0.4) is 0 Å². The molecule has 3 fully saturated rings. The Kier molecular flexibility index (Phi) is 39.1. The zero-order chi connectivity index (χ0) is 96.4. The van der Waals surface area contributed by atoms with Gasteiger partial charge in [-0.15, -0.1) is 11.8 Å². The van der Waals surface area contributed by atoms with E-state index >= 15 is 33.6 Å². The summed E-state index contributed by atoms with van der Waals surface area (Å²) in [5.74, 6) is -17.3. The van der Waals surface area contributed by atoms with Gasteiger partial charge in [0.2, 0.25) is 94.5 Å². The summed E-state index contributed by atoms with van der Waals surface area (Å²) < 4.78 is 1.46. The molecule has 3 aliphatic heterocycles. The van der Waals surface area contributed by atoms with Crippen LogP contribution in [0.2, 0.25) is 0 Å². The third-order valence-corrected chi connectivity index (χ3v) is 24.9. The fourth-order valence-corrected chi connectivity index (χ4v) is 17.5. The molecule has 5 heterocycles. The molecule has 16 amide bonds. The number of phenolic OH excluding ortho intramolecular Hbond substituents is 1. The van der Waals surface area contributed by atoms with Crippen molar-refractivity contribution in [3.05, 3.63) is 102 Å². The minimum absolute atomic E-state index is 0.00332. The first-order valence-electron chi connectivity index (χ1n) is 44.7. The zero-order valence-corrected chi connectivity index (χ0v) is 76.9. The molecule has 131 heavy (non-hydrogen) atoms. The molecule has 40 nitrogen and oxygen atoms in total. The number of nitrogens with two attached hydrogens (primary N) is 4. The number of benzene rings is 3. The van der Waals surface area contributed by atoms with E-state index in [4.69, 9.17) is 22.9 Å². The van der Waals surface area contributed by atoms with E-state index in [0.717, 1.165) is 31.4 Å². The van der Waals surface area contributed by atoms with Crippen LogP contribution in [-0.2, 0) is 107 Å². The number of carboxylic acid groups (broad SMARTS) is 1. The van der Waals surface area contributed by atoms with Gasteiger partial charge < -0.3 is 120 Å². The van der Waals surface area contributed by atoms with Crippen LogP contribution in [0.1, 0.15) is 155 Å². The summed E-state index contributed by atoms with van der Waals surface area (Å²) in [5.41, 5.74) is 26.4. The zero-order valence-electron chi connectivity index (χ0n) is 76.1. The van der Waals surface area contributed by atoms with Gasteiger partial charge in [-0.25, -0.2) is 0 Å².